The van der Waals surface area contributed by atoms with Crippen LogP contribution in [0.3, 0.4) is 0 Å². The minimum Gasteiger partial charge on any atom is -0.372 e. The SMILES string of the molecule is C[C@@H](OCCC1CCNCC1)c1cnccn1. The van der Waals surface area contributed by atoms with Crippen molar-refractivity contribution in [3.63, 3.8) is 0 Å². The molecule has 0 bridgehead atoms. The van der Waals surface area contributed by atoms with Crippen molar-refractivity contribution in [1.82, 2.24) is 15.3 Å². The van der Waals surface area contributed by atoms with Crippen molar-refractivity contribution in [2.45, 2.75) is 32.3 Å². The quantitative estimate of drug-likeness (QED) is 0.847. The third-order valence-corrected chi connectivity index (χ3v) is 3.35. The molecule has 0 aromatic carbocycles. The first-order valence-electron chi connectivity index (χ1n) is 6.44. The summed E-state index contributed by atoms with van der Waals surface area (Å²) in [5.41, 5.74) is 0.915. The first-order chi connectivity index (χ1) is 8.36. The zero-order chi connectivity index (χ0) is 11.9. The van der Waals surface area contributed by atoms with Crippen molar-refractivity contribution >= 4 is 0 Å². The molecule has 2 rings (SSSR count). The molecule has 0 amide bonds. The second-order valence-corrected chi connectivity index (χ2v) is 4.63. The molecule has 0 saturated carbocycles. The summed E-state index contributed by atoms with van der Waals surface area (Å²) in [6, 6.07) is 0. The van der Waals surface area contributed by atoms with Gasteiger partial charge >= 0.3 is 0 Å². The first kappa shape index (κ1) is 12.5. The molecule has 0 unspecified atom stereocenters. The van der Waals surface area contributed by atoms with E-state index in [1.165, 1.54) is 12.8 Å². The second-order valence-electron chi connectivity index (χ2n) is 4.63. The van der Waals surface area contributed by atoms with Crippen LogP contribution in [0.1, 0.15) is 38.0 Å². The highest BCUT2D eigenvalue weighted by atomic mass is 16.5. The predicted octanol–water partition coefficient (Wildman–Crippen LogP) is 1.94. The molecule has 1 aromatic rings. The molecule has 0 aliphatic carbocycles. The van der Waals surface area contributed by atoms with E-state index in [0.717, 1.165) is 37.7 Å². The summed E-state index contributed by atoms with van der Waals surface area (Å²) < 4.78 is 5.81. The second kappa shape index (κ2) is 6.67. The number of nitrogens with zero attached hydrogens (tertiary/aromatic N) is 2. The Hall–Kier alpha value is -1.00. The van der Waals surface area contributed by atoms with Crippen LogP contribution in [0.25, 0.3) is 0 Å². The molecular weight excluding hydrogens is 214 g/mol. The fourth-order valence-corrected chi connectivity index (χ4v) is 2.19. The summed E-state index contributed by atoms with van der Waals surface area (Å²) in [4.78, 5) is 8.30. The molecule has 0 radical (unpaired) electrons. The average Bonchev–Trinajstić information content (AvgIpc) is 2.41. The van der Waals surface area contributed by atoms with Crippen molar-refractivity contribution in [2.75, 3.05) is 19.7 Å². The molecule has 94 valence electrons. The van der Waals surface area contributed by atoms with E-state index >= 15 is 0 Å². The summed E-state index contributed by atoms with van der Waals surface area (Å²) in [7, 11) is 0. The topological polar surface area (TPSA) is 47.0 Å². The van der Waals surface area contributed by atoms with Crippen LogP contribution >= 0.6 is 0 Å². The van der Waals surface area contributed by atoms with E-state index in [-0.39, 0.29) is 6.10 Å². The number of piperidine rings is 1. The van der Waals surface area contributed by atoms with Gasteiger partial charge in [-0.05, 0) is 45.2 Å². The van der Waals surface area contributed by atoms with E-state index < -0.39 is 0 Å². The minimum absolute atomic E-state index is 0.0467. The molecule has 4 nitrogen and oxygen atoms in total. The van der Waals surface area contributed by atoms with Gasteiger partial charge in [0, 0.05) is 19.0 Å². The van der Waals surface area contributed by atoms with Gasteiger partial charge in [0.05, 0.1) is 18.0 Å². The van der Waals surface area contributed by atoms with Crippen LogP contribution in [-0.4, -0.2) is 29.7 Å². The molecule has 2 heterocycles. The van der Waals surface area contributed by atoms with Gasteiger partial charge in [0.15, 0.2) is 0 Å². The number of aromatic nitrogens is 2. The average molecular weight is 235 g/mol. The molecule has 17 heavy (non-hydrogen) atoms. The lowest BCUT2D eigenvalue weighted by Crippen LogP contribution is -2.28. The van der Waals surface area contributed by atoms with Crippen LogP contribution in [-0.2, 0) is 4.74 Å². The predicted molar refractivity (Wildman–Crippen MR) is 66.6 cm³/mol. The Morgan fingerprint density at radius 2 is 2.24 bits per heavy atom. The summed E-state index contributed by atoms with van der Waals surface area (Å²) in [6.45, 7) is 5.17. The van der Waals surface area contributed by atoms with Crippen molar-refractivity contribution < 1.29 is 4.74 Å². The van der Waals surface area contributed by atoms with Crippen LogP contribution in [0, 0.1) is 5.92 Å². The Labute approximate surface area is 103 Å². The lowest BCUT2D eigenvalue weighted by Gasteiger charge is -2.23. The molecule has 1 fully saturated rings. The minimum atomic E-state index is 0.0467. The van der Waals surface area contributed by atoms with Gasteiger partial charge in [0.1, 0.15) is 0 Å². The summed E-state index contributed by atoms with van der Waals surface area (Å²) in [6.07, 6.45) is 8.94. The van der Waals surface area contributed by atoms with Gasteiger partial charge in [-0.2, -0.15) is 0 Å². The molecule has 1 aliphatic rings. The molecule has 1 saturated heterocycles. The molecule has 1 aromatic heterocycles. The Morgan fingerprint density at radius 3 is 2.94 bits per heavy atom. The Morgan fingerprint density at radius 1 is 1.41 bits per heavy atom. The normalized spacial score (nSPS) is 19.1. The van der Waals surface area contributed by atoms with Crippen molar-refractivity contribution in [2.24, 2.45) is 5.92 Å². The monoisotopic (exact) mass is 235 g/mol. The summed E-state index contributed by atoms with van der Waals surface area (Å²) >= 11 is 0. The fourth-order valence-electron chi connectivity index (χ4n) is 2.19. The third kappa shape index (κ3) is 4.06. The third-order valence-electron chi connectivity index (χ3n) is 3.35. The zero-order valence-electron chi connectivity index (χ0n) is 10.4. The Kier molecular flexibility index (Phi) is 4.88. The number of nitrogens with one attached hydrogen (secondary N) is 1. The van der Waals surface area contributed by atoms with Gasteiger partial charge < -0.3 is 10.1 Å². The molecular formula is C13H21N3O. The van der Waals surface area contributed by atoms with Crippen LogP contribution in [0.5, 0.6) is 0 Å². The van der Waals surface area contributed by atoms with Gasteiger partial charge in [0.2, 0.25) is 0 Å². The molecule has 1 aliphatic heterocycles. The lowest BCUT2D eigenvalue weighted by molar-refractivity contribution is 0.0505. The van der Waals surface area contributed by atoms with Crippen molar-refractivity contribution in [1.29, 1.82) is 0 Å². The van der Waals surface area contributed by atoms with E-state index in [4.69, 9.17) is 4.74 Å². The van der Waals surface area contributed by atoms with Crippen molar-refractivity contribution in [3.05, 3.63) is 24.3 Å². The van der Waals surface area contributed by atoms with E-state index in [0.29, 0.717) is 0 Å². The van der Waals surface area contributed by atoms with E-state index in [1.807, 2.05) is 6.92 Å². The smallest absolute Gasteiger partial charge is 0.0982 e. The largest absolute Gasteiger partial charge is 0.372 e. The number of hydrogen-bond acceptors (Lipinski definition) is 4. The van der Waals surface area contributed by atoms with E-state index in [1.54, 1.807) is 18.6 Å². The summed E-state index contributed by atoms with van der Waals surface area (Å²) in [5, 5.41) is 3.38. The lowest BCUT2D eigenvalue weighted by atomic mass is 9.95. The van der Waals surface area contributed by atoms with Crippen LogP contribution in [0.2, 0.25) is 0 Å². The molecule has 1 N–H and O–H groups in total. The maximum absolute atomic E-state index is 5.81. The Bertz CT molecular complexity index is 312. The Balaban J connectivity index is 1.67. The summed E-state index contributed by atoms with van der Waals surface area (Å²) in [5.74, 6) is 0.824. The maximum Gasteiger partial charge on any atom is 0.0982 e. The maximum atomic E-state index is 5.81. The highest BCUT2D eigenvalue weighted by molar-refractivity contribution is 4.97. The zero-order valence-corrected chi connectivity index (χ0v) is 10.4. The van der Waals surface area contributed by atoms with Gasteiger partial charge in [0.25, 0.3) is 0 Å². The van der Waals surface area contributed by atoms with Crippen LogP contribution in [0.4, 0.5) is 0 Å². The standard InChI is InChI=1S/C13H21N3O/c1-11(13-10-15-7-8-16-13)17-9-4-12-2-5-14-6-3-12/h7-8,10-12,14H,2-6,9H2,1H3/t11-/m1/s1. The van der Waals surface area contributed by atoms with Gasteiger partial charge in [-0.25, -0.2) is 0 Å². The van der Waals surface area contributed by atoms with Gasteiger partial charge in [-0.1, -0.05) is 0 Å². The molecule has 4 heteroatoms. The highest BCUT2D eigenvalue weighted by Crippen LogP contribution is 2.18. The number of rotatable bonds is 5. The molecule has 0 spiro atoms. The highest BCUT2D eigenvalue weighted by Gasteiger charge is 2.14. The number of ether oxygens (including phenoxy) is 1. The van der Waals surface area contributed by atoms with Crippen LogP contribution in [0.15, 0.2) is 18.6 Å². The van der Waals surface area contributed by atoms with Crippen LogP contribution < -0.4 is 5.32 Å². The number of hydrogen-bond donors (Lipinski definition) is 1. The van der Waals surface area contributed by atoms with E-state index in [9.17, 15) is 0 Å². The van der Waals surface area contributed by atoms with Gasteiger partial charge in [-0.3, -0.25) is 9.97 Å². The van der Waals surface area contributed by atoms with Crippen molar-refractivity contribution in [3.8, 4) is 0 Å². The fraction of sp³-hybridized carbons (Fsp3) is 0.692. The molecule has 1 atom stereocenters. The first-order valence-corrected chi connectivity index (χ1v) is 6.44. The van der Waals surface area contributed by atoms with Gasteiger partial charge in [-0.15, -0.1) is 0 Å². The van der Waals surface area contributed by atoms with E-state index in [2.05, 4.69) is 15.3 Å².